The second-order valence-electron chi connectivity index (χ2n) is 4.71. The lowest BCUT2D eigenvalue weighted by molar-refractivity contribution is -0.147. The Morgan fingerprint density at radius 1 is 1.44 bits per heavy atom. The Morgan fingerprint density at radius 2 is 1.94 bits per heavy atom. The van der Waals surface area contributed by atoms with Crippen LogP contribution in [0.2, 0.25) is 0 Å². The maximum Gasteiger partial charge on any atom is 0.329 e. The Kier molecular flexibility index (Phi) is 5.63. The average molecular weight is 255 g/mol. The Bertz CT molecular complexity index is 360. The lowest BCUT2D eigenvalue weighted by Gasteiger charge is -2.38. The summed E-state index contributed by atoms with van der Waals surface area (Å²) >= 11 is 0. The summed E-state index contributed by atoms with van der Waals surface area (Å²) < 4.78 is 0. The van der Waals surface area contributed by atoms with Gasteiger partial charge >= 0.3 is 12.0 Å². The van der Waals surface area contributed by atoms with Crippen LogP contribution in [0.15, 0.2) is 0 Å². The second-order valence-corrected chi connectivity index (χ2v) is 4.71. The minimum atomic E-state index is -1.27. The molecule has 0 spiro atoms. The number of hydrogen-bond acceptors (Lipinski definition) is 3. The first kappa shape index (κ1) is 16.2. The zero-order valence-corrected chi connectivity index (χ0v) is 11.6. The molecule has 0 aromatic rings. The van der Waals surface area contributed by atoms with Crippen LogP contribution in [-0.2, 0) is 4.79 Å². The molecule has 102 valence electrons. The molecule has 18 heavy (non-hydrogen) atoms. The van der Waals surface area contributed by atoms with Crippen LogP contribution in [0.25, 0.3) is 0 Å². The number of urea groups is 1. The molecule has 0 aliphatic carbocycles. The van der Waals surface area contributed by atoms with Gasteiger partial charge in [-0.2, -0.15) is 5.26 Å². The molecule has 0 bridgehead atoms. The van der Waals surface area contributed by atoms with Crippen molar-refractivity contribution in [3.8, 4) is 6.07 Å². The normalized spacial score (nSPS) is 12.4. The van der Waals surface area contributed by atoms with Gasteiger partial charge in [-0.15, -0.1) is 0 Å². The van der Waals surface area contributed by atoms with E-state index in [9.17, 15) is 9.59 Å². The Balaban J connectivity index is 5.05. The largest absolute Gasteiger partial charge is 0.480 e. The Morgan fingerprint density at radius 3 is 2.28 bits per heavy atom. The standard InChI is InChI=1S/C12H21N3O3/c1-6-15(12(3,4)10(16)17)11(18)14(5)9(2)7-8-13/h9H,6-7H2,1-5H3,(H,16,17). The number of amides is 2. The summed E-state index contributed by atoms with van der Waals surface area (Å²) in [4.78, 5) is 26.1. The van der Waals surface area contributed by atoms with Crippen LogP contribution >= 0.6 is 0 Å². The third-order valence-electron chi connectivity index (χ3n) is 3.09. The number of nitrogens with zero attached hydrogens (tertiary/aromatic N) is 3. The number of nitriles is 1. The quantitative estimate of drug-likeness (QED) is 0.807. The smallest absolute Gasteiger partial charge is 0.329 e. The van der Waals surface area contributed by atoms with Crippen LogP contribution in [0.1, 0.15) is 34.1 Å². The molecular weight excluding hydrogens is 234 g/mol. The van der Waals surface area contributed by atoms with E-state index in [1.54, 1.807) is 20.9 Å². The van der Waals surface area contributed by atoms with Crippen LogP contribution in [0.3, 0.4) is 0 Å². The molecule has 2 amide bonds. The first-order chi connectivity index (χ1) is 8.19. The minimum absolute atomic E-state index is 0.216. The van der Waals surface area contributed by atoms with Gasteiger partial charge in [0.25, 0.3) is 0 Å². The summed E-state index contributed by atoms with van der Waals surface area (Å²) in [7, 11) is 1.57. The lowest BCUT2D eigenvalue weighted by atomic mass is 10.0. The molecule has 0 saturated carbocycles. The zero-order valence-electron chi connectivity index (χ0n) is 11.6. The highest BCUT2D eigenvalue weighted by Crippen LogP contribution is 2.17. The molecular formula is C12H21N3O3. The van der Waals surface area contributed by atoms with Crippen molar-refractivity contribution < 1.29 is 14.7 Å². The maximum absolute atomic E-state index is 12.2. The van der Waals surface area contributed by atoms with Crippen molar-refractivity contribution in [1.82, 2.24) is 9.80 Å². The Labute approximate surface area is 108 Å². The van der Waals surface area contributed by atoms with Gasteiger partial charge in [-0.1, -0.05) is 0 Å². The monoisotopic (exact) mass is 255 g/mol. The summed E-state index contributed by atoms with van der Waals surface area (Å²) in [6.45, 7) is 6.74. The van der Waals surface area contributed by atoms with Crippen LogP contribution in [-0.4, -0.2) is 52.1 Å². The molecule has 0 aromatic carbocycles. The third-order valence-corrected chi connectivity index (χ3v) is 3.09. The number of carboxylic acid groups (broad SMARTS) is 1. The number of likely N-dealkylation sites (N-methyl/N-ethyl adjacent to an activating group) is 1. The van der Waals surface area contributed by atoms with Crippen molar-refractivity contribution >= 4 is 12.0 Å². The van der Waals surface area contributed by atoms with E-state index in [1.165, 1.54) is 23.6 Å². The first-order valence-electron chi connectivity index (χ1n) is 5.84. The van der Waals surface area contributed by atoms with Crippen molar-refractivity contribution in [2.24, 2.45) is 0 Å². The summed E-state index contributed by atoms with van der Waals surface area (Å²) in [5.74, 6) is -1.06. The molecule has 6 nitrogen and oxygen atoms in total. The Hall–Kier alpha value is -1.77. The maximum atomic E-state index is 12.2. The van der Waals surface area contributed by atoms with Crippen molar-refractivity contribution in [2.75, 3.05) is 13.6 Å². The average Bonchev–Trinajstić information content (AvgIpc) is 2.28. The molecule has 0 heterocycles. The zero-order chi connectivity index (χ0) is 14.5. The molecule has 0 aliphatic heterocycles. The molecule has 0 saturated heterocycles. The van der Waals surface area contributed by atoms with Crippen LogP contribution < -0.4 is 0 Å². The van der Waals surface area contributed by atoms with Gasteiger partial charge in [0.05, 0.1) is 12.5 Å². The van der Waals surface area contributed by atoms with Gasteiger partial charge in [0.2, 0.25) is 0 Å². The summed E-state index contributed by atoms with van der Waals surface area (Å²) in [6.07, 6.45) is 0.216. The summed E-state index contributed by atoms with van der Waals surface area (Å²) in [5, 5.41) is 17.8. The molecule has 0 radical (unpaired) electrons. The van der Waals surface area contributed by atoms with Gasteiger partial charge in [-0.3, -0.25) is 0 Å². The SMILES string of the molecule is CCN(C(=O)N(C)C(C)CC#N)C(C)(C)C(=O)O. The van der Waals surface area contributed by atoms with Gasteiger partial charge in [0.15, 0.2) is 0 Å². The van der Waals surface area contributed by atoms with Crippen LogP contribution in [0, 0.1) is 11.3 Å². The molecule has 6 heteroatoms. The summed E-state index contributed by atoms with van der Waals surface area (Å²) in [6, 6.07) is 1.36. The lowest BCUT2D eigenvalue weighted by Crippen LogP contribution is -2.57. The van der Waals surface area contributed by atoms with E-state index in [0.29, 0.717) is 6.54 Å². The number of carbonyl (C=O) groups excluding carboxylic acids is 1. The van der Waals surface area contributed by atoms with E-state index in [0.717, 1.165) is 0 Å². The minimum Gasteiger partial charge on any atom is -0.480 e. The topological polar surface area (TPSA) is 84.6 Å². The van der Waals surface area contributed by atoms with E-state index >= 15 is 0 Å². The molecule has 0 rings (SSSR count). The van der Waals surface area contributed by atoms with E-state index in [2.05, 4.69) is 0 Å². The number of carboxylic acids is 1. The highest BCUT2D eigenvalue weighted by Gasteiger charge is 2.38. The van der Waals surface area contributed by atoms with Crippen LogP contribution in [0.4, 0.5) is 4.79 Å². The molecule has 0 aliphatic rings. The van der Waals surface area contributed by atoms with Crippen molar-refractivity contribution in [3.05, 3.63) is 0 Å². The fraction of sp³-hybridized carbons (Fsp3) is 0.750. The molecule has 1 unspecified atom stereocenters. The highest BCUT2D eigenvalue weighted by atomic mass is 16.4. The van der Waals surface area contributed by atoms with E-state index in [4.69, 9.17) is 10.4 Å². The van der Waals surface area contributed by atoms with Gasteiger partial charge in [-0.05, 0) is 27.7 Å². The molecule has 1 N–H and O–H groups in total. The molecule has 0 aromatic heterocycles. The van der Waals surface area contributed by atoms with Gasteiger partial charge in [0, 0.05) is 19.6 Å². The van der Waals surface area contributed by atoms with Crippen molar-refractivity contribution in [2.45, 2.75) is 45.7 Å². The number of rotatable bonds is 5. The van der Waals surface area contributed by atoms with E-state index in [-0.39, 0.29) is 18.5 Å². The highest BCUT2D eigenvalue weighted by molar-refractivity contribution is 5.85. The van der Waals surface area contributed by atoms with Crippen molar-refractivity contribution in [1.29, 1.82) is 5.26 Å². The predicted molar refractivity (Wildman–Crippen MR) is 66.9 cm³/mol. The molecule has 0 fully saturated rings. The fourth-order valence-electron chi connectivity index (χ4n) is 1.53. The third kappa shape index (κ3) is 3.36. The number of aliphatic carboxylic acids is 1. The van der Waals surface area contributed by atoms with E-state index in [1.807, 2.05) is 6.07 Å². The second kappa shape index (κ2) is 6.24. The van der Waals surface area contributed by atoms with Crippen LogP contribution in [0.5, 0.6) is 0 Å². The molecule has 1 atom stereocenters. The van der Waals surface area contributed by atoms with Gasteiger partial charge in [0.1, 0.15) is 5.54 Å². The van der Waals surface area contributed by atoms with Gasteiger partial charge < -0.3 is 14.9 Å². The number of hydrogen-bond donors (Lipinski definition) is 1. The van der Waals surface area contributed by atoms with Gasteiger partial charge in [-0.25, -0.2) is 9.59 Å². The van der Waals surface area contributed by atoms with Crippen molar-refractivity contribution in [3.63, 3.8) is 0 Å². The number of carbonyl (C=O) groups is 2. The fourth-order valence-corrected chi connectivity index (χ4v) is 1.53. The first-order valence-corrected chi connectivity index (χ1v) is 5.84. The summed E-state index contributed by atoms with van der Waals surface area (Å²) in [5.41, 5.74) is -1.27. The van der Waals surface area contributed by atoms with E-state index < -0.39 is 11.5 Å². The predicted octanol–water partition coefficient (Wildman–Crippen LogP) is 1.53.